The van der Waals surface area contributed by atoms with E-state index in [1.165, 1.54) is 24.2 Å². The third-order valence-corrected chi connectivity index (χ3v) is 4.16. The van der Waals surface area contributed by atoms with E-state index >= 15 is 0 Å². The summed E-state index contributed by atoms with van der Waals surface area (Å²) in [6, 6.07) is 4.10. The predicted octanol–water partition coefficient (Wildman–Crippen LogP) is 2.67. The highest BCUT2D eigenvalue weighted by Crippen LogP contribution is 2.29. The molecule has 1 fully saturated rings. The molecule has 2 N–H and O–H groups in total. The number of thiazole rings is 1. The van der Waals surface area contributed by atoms with Gasteiger partial charge >= 0.3 is 0 Å². The van der Waals surface area contributed by atoms with Crippen LogP contribution in [-0.2, 0) is 0 Å². The van der Waals surface area contributed by atoms with Gasteiger partial charge in [-0.2, -0.15) is 0 Å². The van der Waals surface area contributed by atoms with Crippen LogP contribution >= 0.6 is 11.3 Å². The van der Waals surface area contributed by atoms with Crippen molar-refractivity contribution < 1.29 is 0 Å². The van der Waals surface area contributed by atoms with Gasteiger partial charge in [0, 0.05) is 17.6 Å². The van der Waals surface area contributed by atoms with E-state index in [4.69, 9.17) is 5.73 Å². The standard InChI is InChI=1S/C13H15N3OS/c14-13-15-11(8-18-13)10-6-3-7-16(12(10)17)9-4-1-2-5-9/h3,6-9H,1-2,4-5H2,(H2,14,15). The topological polar surface area (TPSA) is 60.9 Å². The van der Waals surface area contributed by atoms with Crippen molar-refractivity contribution in [2.45, 2.75) is 31.7 Å². The molecule has 3 rings (SSSR count). The lowest BCUT2D eigenvalue weighted by Crippen LogP contribution is -2.24. The van der Waals surface area contributed by atoms with Gasteiger partial charge in [0.2, 0.25) is 0 Å². The van der Waals surface area contributed by atoms with Crippen LogP contribution in [0.25, 0.3) is 11.3 Å². The Hall–Kier alpha value is -1.62. The van der Waals surface area contributed by atoms with Crippen LogP contribution in [0.5, 0.6) is 0 Å². The fourth-order valence-corrected chi connectivity index (χ4v) is 3.15. The fourth-order valence-electron chi connectivity index (χ4n) is 2.59. The number of nitrogen functional groups attached to an aromatic ring is 1. The molecule has 0 unspecified atom stereocenters. The third kappa shape index (κ3) is 1.95. The van der Waals surface area contributed by atoms with Crippen molar-refractivity contribution in [2.24, 2.45) is 0 Å². The lowest BCUT2D eigenvalue weighted by Gasteiger charge is -2.13. The minimum Gasteiger partial charge on any atom is -0.375 e. The minimum atomic E-state index is 0.0506. The molecule has 2 aromatic heterocycles. The normalized spacial score (nSPS) is 16.2. The molecule has 0 amide bonds. The molecule has 0 aromatic carbocycles. The van der Waals surface area contributed by atoms with Crippen molar-refractivity contribution in [1.29, 1.82) is 0 Å². The molecule has 0 spiro atoms. The van der Waals surface area contributed by atoms with Gasteiger partial charge in [0.25, 0.3) is 5.56 Å². The first-order valence-electron chi connectivity index (χ1n) is 6.18. The maximum Gasteiger partial charge on any atom is 0.260 e. The first-order valence-corrected chi connectivity index (χ1v) is 7.06. The predicted molar refractivity (Wildman–Crippen MR) is 73.7 cm³/mol. The molecule has 0 saturated heterocycles. The average Bonchev–Trinajstić information content (AvgIpc) is 3.00. The van der Waals surface area contributed by atoms with Crippen molar-refractivity contribution in [3.05, 3.63) is 34.1 Å². The molecule has 0 bridgehead atoms. The van der Waals surface area contributed by atoms with E-state index in [-0.39, 0.29) is 5.56 Å². The number of rotatable bonds is 2. The van der Waals surface area contributed by atoms with E-state index in [0.717, 1.165) is 12.8 Å². The van der Waals surface area contributed by atoms with Crippen molar-refractivity contribution >= 4 is 16.5 Å². The molecule has 0 aliphatic heterocycles. The molecular weight excluding hydrogens is 246 g/mol. The number of nitrogens with zero attached hydrogens (tertiary/aromatic N) is 2. The molecule has 1 aliphatic carbocycles. The average molecular weight is 261 g/mol. The molecule has 2 heterocycles. The van der Waals surface area contributed by atoms with Gasteiger partial charge < -0.3 is 10.3 Å². The highest BCUT2D eigenvalue weighted by atomic mass is 32.1. The lowest BCUT2D eigenvalue weighted by atomic mass is 10.2. The van der Waals surface area contributed by atoms with Crippen molar-refractivity contribution in [2.75, 3.05) is 5.73 Å². The molecule has 1 aliphatic rings. The summed E-state index contributed by atoms with van der Waals surface area (Å²) in [5.74, 6) is 0. The molecule has 0 atom stereocenters. The van der Waals surface area contributed by atoms with Gasteiger partial charge in [0.1, 0.15) is 0 Å². The van der Waals surface area contributed by atoms with E-state index in [0.29, 0.717) is 22.4 Å². The van der Waals surface area contributed by atoms with Crippen molar-refractivity contribution in [3.63, 3.8) is 0 Å². The molecule has 2 aromatic rings. The molecule has 4 nitrogen and oxygen atoms in total. The summed E-state index contributed by atoms with van der Waals surface area (Å²) < 4.78 is 1.86. The molecule has 0 radical (unpaired) electrons. The van der Waals surface area contributed by atoms with Gasteiger partial charge in [-0.15, -0.1) is 11.3 Å². The van der Waals surface area contributed by atoms with E-state index in [1.807, 2.05) is 28.3 Å². The SMILES string of the molecule is Nc1nc(-c2cccn(C3CCCC3)c2=O)cs1. The van der Waals surface area contributed by atoms with Gasteiger partial charge in [0.15, 0.2) is 5.13 Å². The summed E-state index contributed by atoms with van der Waals surface area (Å²) in [7, 11) is 0. The van der Waals surface area contributed by atoms with Crippen LogP contribution in [0, 0.1) is 0 Å². The Morgan fingerprint density at radius 1 is 1.39 bits per heavy atom. The third-order valence-electron chi connectivity index (χ3n) is 3.49. The maximum absolute atomic E-state index is 12.5. The Morgan fingerprint density at radius 3 is 2.83 bits per heavy atom. The summed E-state index contributed by atoms with van der Waals surface area (Å²) >= 11 is 1.36. The first-order chi connectivity index (χ1) is 8.75. The number of aromatic nitrogens is 2. The zero-order chi connectivity index (χ0) is 12.5. The highest BCUT2D eigenvalue weighted by molar-refractivity contribution is 7.13. The summed E-state index contributed by atoms with van der Waals surface area (Å²) in [6.45, 7) is 0. The van der Waals surface area contributed by atoms with Crippen LogP contribution in [0.15, 0.2) is 28.5 Å². The molecule has 94 valence electrons. The molecular formula is C13H15N3OS. The number of anilines is 1. The van der Waals surface area contributed by atoms with Crippen LogP contribution in [-0.4, -0.2) is 9.55 Å². The summed E-state index contributed by atoms with van der Waals surface area (Å²) in [5.41, 5.74) is 7.02. The zero-order valence-corrected chi connectivity index (χ0v) is 10.8. The highest BCUT2D eigenvalue weighted by Gasteiger charge is 2.19. The first kappa shape index (κ1) is 11.5. The van der Waals surface area contributed by atoms with Crippen molar-refractivity contribution in [3.8, 4) is 11.3 Å². The van der Waals surface area contributed by atoms with Gasteiger partial charge in [-0.25, -0.2) is 4.98 Å². The monoisotopic (exact) mass is 261 g/mol. The smallest absolute Gasteiger partial charge is 0.260 e. The summed E-state index contributed by atoms with van der Waals surface area (Å²) in [6.07, 6.45) is 6.51. The van der Waals surface area contributed by atoms with Gasteiger partial charge in [-0.3, -0.25) is 4.79 Å². The number of hydrogen-bond donors (Lipinski definition) is 1. The maximum atomic E-state index is 12.5. The summed E-state index contributed by atoms with van der Waals surface area (Å²) in [5, 5.41) is 2.34. The Balaban J connectivity index is 2.06. The lowest BCUT2D eigenvalue weighted by molar-refractivity contribution is 0.503. The molecule has 1 saturated carbocycles. The second-order valence-corrected chi connectivity index (χ2v) is 5.53. The van der Waals surface area contributed by atoms with E-state index in [2.05, 4.69) is 4.98 Å². The van der Waals surface area contributed by atoms with Crippen LogP contribution in [0.1, 0.15) is 31.7 Å². The van der Waals surface area contributed by atoms with E-state index in [1.54, 1.807) is 0 Å². The van der Waals surface area contributed by atoms with Gasteiger partial charge in [-0.05, 0) is 25.0 Å². The molecule has 5 heteroatoms. The number of nitrogens with two attached hydrogens (primary N) is 1. The summed E-state index contributed by atoms with van der Waals surface area (Å²) in [4.78, 5) is 16.6. The number of pyridine rings is 1. The second-order valence-electron chi connectivity index (χ2n) is 4.64. The van der Waals surface area contributed by atoms with Crippen molar-refractivity contribution in [1.82, 2.24) is 9.55 Å². The van der Waals surface area contributed by atoms with E-state index in [9.17, 15) is 4.79 Å². The Morgan fingerprint density at radius 2 is 2.17 bits per heavy atom. The second kappa shape index (κ2) is 4.57. The van der Waals surface area contributed by atoms with Crippen LogP contribution in [0.3, 0.4) is 0 Å². The Labute approximate surface area is 109 Å². The Kier molecular flexibility index (Phi) is 2.91. The van der Waals surface area contributed by atoms with Gasteiger partial charge in [0.05, 0.1) is 11.3 Å². The minimum absolute atomic E-state index is 0.0506. The van der Waals surface area contributed by atoms with E-state index < -0.39 is 0 Å². The Bertz CT molecular complexity index is 611. The zero-order valence-electron chi connectivity index (χ0n) is 10.0. The number of hydrogen-bond acceptors (Lipinski definition) is 4. The van der Waals surface area contributed by atoms with Gasteiger partial charge in [-0.1, -0.05) is 12.8 Å². The molecule has 18 heavy (non-hydrogen) atoms. The largest absolute Gasteiger partial charge is 0.375 e. The fraction of sp³-hybridized carbons (Fsp3) is 0.385. The quantitative estimate of drug-likeness (QED) is 0.904. The van der Waals surface area contributed by atoms with Crippen LogP contribution in [0.2, 0.25) is 0 Å². The van der Waals surface area contributed by atoms with Crippen LogP contribution < -0.4 is 11.3 Å². The van der Waals surface area contributed by atoms with Crippen LogP contribution in [0.4, 0.5) is 5.13 Å².